The van der Waals surface area contributed by atoms with Crippen molar-refractivity contribution in [3.8, 4) is 0 Å². The van der Waals surface area contributed by atoms with Crippen LogP contribution in [-0.4, -0.2) is 134 Å². The van der Waals surface area contributed by atoms with Gasteiger partial charge in [0.25, 0.3) is 35.4 Å². The molecule has 12 bridgehead atoms. The van der Waals surface area contributed by atoms with Gasteiger partial charge in [-0.15, -0.1) is 0 Å². The second kappa shape index (κ2) is 33.1. The fourth-order valence-electron chi connectivity index (χ4n) is 22.9. The second-order valence-electron chi connectivity index (χ2n) is 39.3. The van der Waals surface area contributed by atoms with Crippen LogP contribution in [0.15, 0.2) is 74.4 Å². The van der Waals surface area contributed by atoms with E-state index in [2.05, 4.69) is 126 Å². The van der Waals surface area contributed by atoms with Crippen LogP contribution in [0.1, 0.15) is 363 Å². The van der Waals surface area contributed by atoms with Crippen LogP contribution in [0.4, 0.5) is 0 Å². The standard InChI is InChI=1S/5C15H21N3O.C14H20N4O/c5*1-11-8-16-9-12(17-11)13(19)18-15-5-3-4-14(2,10-15)6-7-15;1-10-7-16-8-11(17-10)12(19)18-14-4-2-3-13(15,9-14)5-6-14/h5*8-9H,3-7,10H2,1-2H3,(H,18,19);7-8H,2-6,9,15H2,1H3,(H,18,19)/t4*14-,15-;;/m1100../s1. The van der Waals surface area contributed by atoms with E-state index >= 15 is 0 Å². The van der Waals surface area contributed by atoms with Crippen LogP contribution < -0.4 is 37.6 Å². The van der Waals surface area contributed by atoms with Crippen molar-refractivity contribution in [2.24, 2.45) is 32.8 Å². The summed E-state index contributed by atoms with van der Waals surface area (Å²) in [7, 11) is 0. The van der Waals surface area contributed by atoms with E-state index in [-0.39, 0.29) is 74.2 Å². The summed E-state index contributed by atoms with van der Waals surface area (Å²) < 4.78 is 0. The molecular weight excluding hydrogens is 1430 g/mol. The molecule has 6 heterocycles. The van der Waals surface area contributed by atoms with Crippen molar-refractivity contribution in [2.75, 3.05) is 0 Å². The minimum atomic E-state index is -0.123. The van der Waals surface area contributed by atoms with E-state index < -0.39 is 0 Å². The van der Waals surface area contributed by atoms with Gasteiger partial charge in [-0.05, 0) is 268 Å². The van der Waals surface area contributed by atoms with E-state index in [0.717, 1.165) is 169 Å². The predicted octanol–water partition coefficient (Wildman–Crippen LogP) is 14.5. The summed E-state index contributed by atoms with van der Waals surface area (Å²) >= 11 is 0. The average Bonchev–Trinajstić information content (AvgIpc) is 1.64. The number of aryl methyl sites for hydroxylation is 6. The zero-order valence-corrected chi connectivity index (χ0v) is 69.8. The van der Waals surface area contributed by atoms with Gasteiger partial charge in [0.2, 0.25) is 0 Å². The lowest BCUT2D eigenvalue weighted by atomic mass is 9.74. The molecule has 0 spiro atoms. The number of hydrogen-bond acceptors (Lipinski definition) is 19. The van der Waals surface area contributed by atoms with Crippen molar-refractivity contribution in [3.05, 3.63) is 143 Å². The molecule has 12 saturated carbocycles. The Morgan fingerprint density at radius 1 is 0.237 bits per heavy atom. The van der Waals surface area contributed by atoms with Gasteiger partial charge in [-0.3, -0.25) is 58.7 Å². The Morgan fingerprint density at radius 2 is 0.412 bits per heavy atom. The van der Waals surface area contributed by atoms with E-state index in [4.69, 9.17) is 5.73 Å². The topological polar surface area (TPSA) is 355 Å². The number of fused-ring (bicyclic) bond motifs is 12. The molecule has 18 rings (SSSR count). The Bertz CT molecular complexity index is 3820. The largest absolute Gasteiger partial charge is 0.345 e. The highest BCUT2D eigenvalue weighted by atomic mass is 16.2. The Kier molecular flexibility index (Phi) is 24.2. The molecule has 8 N–H and O–H groups in total. The van der Waals surface area contributed by atoms with E-state index in [1.165, 1.54) is 103 Å². The Balaban J connectivity index is 0.000000119. The molecule has 25 heteroatoms. The lowest BCUT2D eigenvalue weighted by Gasteiger charge is -2.38. The van der Waals surface area contributed by atoms with Crippen LogP contribution in [0.3, 0.4) is 0 Å². The molecule has 4 unspecified atom stereocenters. The quantitative estimate of drug-likeness (QED) is 0.0598. The number of amides is 6. The molecule has 114 heavy (non-hydrogen) atoms. The minimum Gasteiger partial charge on any atom is -0.345 e. The number of nitrogens with one attached hydrogen (secondary N) is 6. The van der Waals surface area contributed by atoms with Crippen molar-refractivity contribution in [1.29, 1.82) is 0 Å². The van der Waals surface area contributed by atoms with Crippen LogP contribution >= 0.6 is 0 Å². The highest BCUT2D eigenvalue weighted by molar-refractivity contribution is 5.95. The lowest BCUT2D eigenvalue weighted by Crippen LogP contribution is -2.52. The molecule has 0 radical (unpaired) electrons. The van der Waals surface area contributed by atoms with E-state index in [1.807, 2.05) is 41.5 Å². The normalized spacial score (nSPS) is 33.2. The number of aromatic nitrogens is 12. The summed E-state index contributed by atoms with van der Waals surface area (Å²) in [5.74, 6) is -0.459. The molecular formula is C89H125N19O6. The predicted molar refractivity (Wildman–Crippen MR) is 435 cm³/mol. The summed E-state index contributed by atoms with van der Waals surface area (Å²) in [5.41, 5.74) is 15.6. The highest BCUT2D eigenvalue weighted by Crippen LogP contribution is 2.58. The third kappa shape index (κ3) is 20.2. The summed E-state index contributed by atoms with van der Waals surface area (Å²) in [5, 5.41) is 19.4. The molecule has 612 valence electrons. The SMILES string of the molecule is Cc1cncc(C(=O)NC23CCCC(C)(CC2)C3)n1.Cc1cncc(C(=O)NC23CCCC(N)(CC2)C3)n1.Cc1cncc(C(=O)N[C@@]23CCC[C@@](C)(CC2)C3)n1.Cc1cncc(C(=O)N[C@@]23CCC[C@@](C)(CC2)C3)n1.Cc1cncc(C(=O)N[C@]23CCC[C@](C)(CC2)C3)n1.Cc1cncc(C(=O)N[C@]23CCC[C@](C)(CC2)C3)n1. The van der Waals surface area contributed by atoms with Crippen LogP contribution in [0, 0.1) is 68.6 Å². The summed E-state index contributed by atoms with van der Waals surface area (Å²) in [6.07, 6.45) is 60.7. The van der Waals surface area contributed by atoms with Gasteiger partial charge < -0.3 is 37.6 Å². The summed E-state index contributed by atoms with van der Waals surface area (Å²) in [6.45, 7) is 22.9. The average molecular weight is 1560 g/mol. The maximum absolute atomic E-state index is 12.3. The monoisotopic (exact) mass is 1560 g/mol. The molecule has 12 aliphatic carbocycles. The zero-order chi connectivity index (χ0) is 81.1. The van der Waals surface area contributed by atoms with E-state index in [1.54, 1.807) is 68.2 Å². The van der Waals surface area contributed by atoms with Crippen molar-refractivity contribution in [3.63, 3.8) is 0 Å². The first-order chi connectivity index (χ1) is 54.0. The number of carbonyl (C=O) groups excluding carboxylic acids is 6. The zero-order valence-electron chi connectivity index (χ0n) is 69.8. The van der Waals surface area contributed by atoms with Gasteiger partial charge in [0.05, 0.1) is 71.3 Å². The molecule has 6 amide bonds. The van der Waals surface area contributed by atoms with Gasteiger partial charge in [0, 0.05) is 76.0 Å². The number of hydrogen-bond donors (Lipinski definition) is 7. The van der Waals surface area contributed by atoms with Gasteiger partial charge in [-0.1, -0.05) is 66.7 Å². The smallest absolute Gasteiger partial charge is 0.271 e. The second-order valence-corrected chi connectivity index (χ2v) is 39.3. The molecule has 0 saturated heterocycles. The van der Waals surface area contributed by atoms with Gasteiger partial charge in [0.15, 0.2) is 0 Å². The van der Waals surface area contributed by atoms with Crippen LogP contribution in [-0.2, 0) is 0 Å². The van der Waals surface area contributed by atoms with Crippen molar-refractivity contribution >= 4 is 35.4 Å². The fourth-order valence-corrected chi connectivity index (χ4v) is 22.9. The number of nitrogens with two attached hydrogens (primary N) is 1. The molecule has 6 aromatic rings. The van der Waals surface area contributed by atoms with Gasteiger partial charge in [-0.25, -0.2) is 29.9 Å². The van der Waals surface area contributed by atoms with Crippen LogP contribution in [0.25, 0.3) is 0 Å². The molecule has 25 nitrogen and oxygen atoms in total. The van der Waals surface area contributed by atoms with Gasteiger partial charge >= 0.3 is 0 Å². The van der Waals surface area contributed by atoms with Crippen molar-refractivity contribution < 1.29 is 28.8 Å². The minimum absolute atomic E-state index is 0.00943. The van der Waals surface area contributed by atoms with Crippen molar-refractivity contribution in [1.82, 2.24) is 91.7 Å². The van der Waals surface area contributed by atoms with Crippen LogP contribution in [0.5, 0.6) is 0 Å². The molecule has 12 atom stereocenters. The lowest BCUT2D eigenvalue weighted by molar-refractivity contribution is 0.0846. The Morgan fingerprint density at radius 3 is 0.605 bits per heavy atom. The molecule has 0 aromatic carbocycles. The molecule has 12 aliphatic rings. The summed E-state index contributed by atoms with van der Waals surface area (Å²) in [6, 6.07) is 0. The highest BCUT2D eigenvalue weighted by Gasteiger charge is 2.55. The maximum atomic E-state index is 12.3. The first kappa shape index (κ1) is 83.2. The third-order valence-electron chi connectivity index (χ3n) is 28.4. The number of rotatable bonds is 12. The number of carbonyl (C=O) groups is 6. The van der Waals surface area contributed by atoms with E-state index in [0.29, 0.717) is 61.2 Å². The van der Waals surface area contributed by atoms with Crippen LogP contribution in [0.2, 0.25) is 0 Å². The van der Waals surface area contributed by atoms with Crippen molar-refractivity contribution in [2.45, 2.75) is 346 Å². The summed E-state index contributed by atoms with van der Waals surface area (Å²) in [4.78, 5) is 124. The Hall–Kier alpha value is -8.74. The van der Waals surface area contributed by atoms with Gasteiger partial charge in [0.1, 0.15) is 34.2 Å². The Labute approximate surface area is 674 Å². The maximum Gasteiger partial charge on any atom is 0.271 e. The molecule has 0 aliphatic heterocycles. The van der Waals surface area contributed by atoms with E-state index in [9.17, 15) is 28.8 Å². The number of nitrogens with zero attached hydrogens (tertiary/aromatic N) is 12. The molecule has 6 aromatic heterocycles. The first-order valence-electron chi connectivity index (χ1n) is 42.5. The first-order valence-corrected chi connectivity index (χ1v) is 42.5. The van der Waals surface area contributed by atoms with Gasteiger partial charge in [-0.2, -0.15) is 0 Å². The third-order valence-corrected chi connectivity index (χ3v) is 28.4. The fraction of sp³-hybridized carbons (Fsp3) is 0.663. The molecule has 12 fully saturated rings.